The Kier molecular flexibility index (Phi) is 3.74. The fraction of sp³-hybridized carbons (Fsp3) is 0.222. The van der Waals surface area contributed by atoms with Crippen LogP contribution < -0.4 is 11.1 Å². The first kappa shape index (κ1) is 13.0. The standard InChI is InChI=1S/C9H10ClN3O4/c1-12-8-5(13(15)16)3-4(9(14)17-2)7(11)6(8)10/h3,12H,11H2,1-2H3. The minimum absolute atomic E-state index is 0.0572. The average molecular weight is 260 g/mol. The van der Waals surface area contributed by atoms with Gasteiger partial charge in [0, 0.05) is 13.1 Å². The van der Waals surface area contributed by atoms with E-state index in [-0.39, 0.29) is 27.6 Å². The summed E-state index contributed by atoms with van der Waals surface area (Å²) < 4.78 is 4.46. The Morgan fingerprint density at radius 1 is 1.65 bits per heavy atom. The minimum Gasteiger partial charge on any atom is -0.465 e. The van der Waals surface area contributed by atoms with Crippen LogP contribution in [0, 0.1) is 10.1 Å². The van der Waals surface area contributed by atoms with Crippen molar-refractivity contribution in [3.8, 4) is 0 Å². The number of carbonyl (C=O) groups is 1. The summed E-state index contributed by atoms with van der Waals surface area (Å²) in [5.74, 6) is -0.782. The average Bonchev–Trinajstić information content (AvgIpc) is 2.30. The lowest BCUT2D eigenvalue weighted by Crippen LogP contribution is -2.09. The summed E-state index contributed by atoms with van der Waals surface area (Å²) in [7, 11) is 2.61. The maximum absolute atomic E-state index is 11.4. The van der Waals surface area contributed by atoms with E-state index in [0.717, 1.165) is 13.2 Å². The number of methoxy groups -OCH3 is 1. The highest BCUT2D eigenvalue weighted by Crippen LogP contribution is 2.38. The van der Waals surface area contributed by atoms with E-state index in [2.05, 4.69) is 10.1 Å². The second-order valence-corrected chi connectivity index (χ2v) is 3.42. The molecule has 0 aliphatic rings. The van der Waals surface area contributed by atoms with Gasteiger partial charge >= 0.3 is 5.97 Å². The second kappa shape index (κ2) is 4.88. The Labute approximate surface area is 102 Å². The molecule has 0 atom stereocenters. The number of nitrogens with one attached hydrogen (secondary N) is 1. The van der Waals surface area contributed by atoms with Gasteiger partial charge in [0.2, 0.25) is 0 Å². The van der Waals surface area contributed by atoms with Gasteiger partial charge in [-0.15, -0.1) is 0 Å². The number of nitrogens with zero attached hydrogens (tertiary/aromatic N) is 1. The summed E-state index contributed by atoms with van der Waals surface area (Å²) in [6, 6.07) is 1.03. The van der Waals surface area contributed by atoms with Gasteiger partial charge in [-0.3, -0.25) is 10.1 Å². The molecule has 1 aromatic carbocycles. The first-order valence-corrected chi connectivity index (χ1v) is 4.84. The molecule has 0 fully saturated rings. The summed E-state index contributed by atoms with van der Waals surface area (Å²) in [6.45, 7) is 0. The highest BCUT2D eigenvalue weighted by molar-refractivity contribution is 6.37. The van der Waals surface area contributed by atoms with Crippen LogP contribution in [0.1, 0.15) is 10.4 Å². The van der Waals surface area contributed by atoms with Gasteiger partial charge in [0.15, 0.2) is 0 Å². The largest absolute Gasteiger partial charge is 0.465 e. The molecule has 0 radical (unpaired) electrons. The van der Waals surface area contributed by atoms with Gasteiger partial charge < -0.3 is 15.8 Å². The zero-order valence-corrected chi connectivity index (χ0v) is 9.87. The van der Waals surface area contributed by atoms with Crippen molar-refractivity contribution < 1.29 is 14.5 Å². The van der Waals surface area contributed by atoms with Crippen molar-refractivity contribution in [3.63, 3.8) is 0 Å². The van der Waals surface area contributed by atoms with Crippen LogP contribution in [0.15, 0.2) is 6.07 Å². The van der Waals surface area contributed by atoms with E-state index in [0.29, 0.717) is 0 Å². The van der Waals surface area contributed by atoms with Crippen LogP contribution >= 0.6 is 11.6 Å². The number of nitrogen functional groups attached to an aromatic ring is 1. The molecule has 17 heavy (non-hydrogen) atoms. The van der Waals surface area contributed by atoms with Crippen molar-refractivity contribution in [2.75, 3.05) is 25.2 Å². The Hall–Kier alpha value is -2.02. The van der Waals surface area contributed by atoms with Gasteiger partial charge in [-0.2, -0.15) is 0 Å². The van der Waals surface area contributed by atoms with Crippen LogP contribution in [0.2, 0.25) is 5.02 Å². The number of rotatable bonds is 3. The van der Waals surface area contributed by atoms with Gasteiger partial charge in [0.25, 0.3) is 5.69 Å². The molecule has 0 heterocycles. The van der Waals surface area contributed by atoms with Crippen LogP contribution in [0.4, 0.5) is 17.1 Å². The summed E-state index contributed by atoms with van der Waals surface area (Å²) >= 11 is 5.85. The Bertz CT molecular complexity index is 490. The molecule has 0 amide bonds. The molecule has 1 rings (SSSR count). The van der Waals surface area contributed by atoms with E-state index in [1.165, 1.54) is 7.05 Å². The lowest BCUT2D eigenvalue weighted by Gasteiger charge is -2.10. The van der Waals surface area contributed by atoms with Crippen molar-refractivity contribution >= 4 is 34.6 Å². The Balaban J connectivity index is 3.57. The Morgan fingerprint density at radius 3 is 2.65 bits per heavy atom. The molecule has 0 aliphatic carbocycles. The molecule has 0 unspecified atom stereocenters. The molecular weight excluding hydrogens is 250 g/mol. The van der Waals surface area contributed by atoms with Crippen LogP contribution in [0.5, 0.6) is 0 Å². The number of nitro benzene ring substituents is 1. The van der Waals surface area contributed by atoms with Crippen molar-refractivity contribution in [2.24, 2.45) is 0 Å². The summed E-state index contributed by atoms with van der Waals surface area (Å²) in [6.07, 6.45) is 0. The molecule has 1 aromatic rings. The van der Waals surface area contributed by atoms with Crippen LogP contribution in [0.3, 0.4) is 0 Å². The molecule has 0 bridgehead atoms. The molecular formula is C9H10ClN3O4. The number of esters is 1. The number of hydrogen-bond acceptors (Lipinski definition) is 6. The van der Waals surface area contributed by atoms with E-state index < -0.39 is 10.9 Å². The number of nitro groups is 1. The van der Waals surface area contributed by atoms with Crippen molar-refractivity contribution in [1.82, 2.24) is 0 Å². The van der Waals surface area contributed by atoms with E-state index in [9.17, 15) is 14.9 Å². The maximum atomic E-state index is 11.4. The molecule has 0 aliphatic heterocycles. The fourth-order valence-corrected chi connectivity index (χ4v) is 1.61. The van der Waals surface area contributed by atoms with Crippen LogP contribution in [-0.2, 0) is 4.74 Å². The number of halogens is 1. The van der Waals surface area contributed by atoms with Crippen molar-refractivity contribution in [1.29, 1.82) is 0 Å². The second-order valence-electron chi connectivity index (χ2n) is 3.04. The van der Waals surface area contributed by atoms with Crippen molar-refractivity contribution in [2.45, 2.75) is 0 Å². The topological polar surface area (TPSA) is 107 Å². The zero-order chi connectivity index (χ0) is 13.2. The Morgan fingerprint density at radius 2 is 2.24 bits per heavy atom. The van der Waals surface area contributed by atoms with Gasteiger partial charge in [-0.25, -0.2) is 4.79 Å². The van der Waals surface area contributed by atoms with Gasteiger partial charge in [0.05, 0.1) is 28.3 Å². The number of nitrogens with two attached hydrogens (primary N) is 1. The van der Waals surface area contributed by atoms with E-state index in [4.69, 9.17) is 17.3 Å². The third kappa shape index (κ3) is 2.23. The molecule has 0 saturated heterocycles. The normalized spacial score (nSPS) is 9.82. The van der Waals surface area contributed by atoms with E-state index in [1.807, 2.05) is 0 Å². The van der Waals surface area contributed by atoms with Crippen LogP contribution in [-0.4, -0.2) is 25.1 Å². The molecule has 8 heteroatoms. The zero-order valence-electron chi connectivity index (χ0n) is 9.11. The summed E-state index contributed by atoms with van der Waals surface area (Å²) in [4.78, 5) is 21.5. The summed E-state index contributed by atoms with van der Waals surface area (Å²) in [5, 5.41) is 13.3. The van der Waals surface area contributed by atoms with E-state index in [1.54, 1.807) is 0 Å². The highest BCUT2D eigenvalue weighted by Gasteiger charge is 2.25. The monoisotopic (exact) mass is 259 g/mol. The van der Waals surface area contributed by atoms with Gasteiger partial charge in [-0.05, 0) is 0 Å². The number of ether oxygens (including phenoxy) is 1. The molecule has 0 saturated carbocycles. The number of hydrogen-bond donors (Lipinski definition) is 2. The van der Waals surface area contributed by atoms with Gasteiger partial charge in [-0.1, -0.05) is 11.6 Å². The third-order valence-electron chi connectivity index (χ3n) is 2.14. The van der Waals surface area contributed by atoms with E-state index >= 15 is 0 Å². The molecule has 0 aromatic heterocycles. The van der Waals surface area contributed by atoms with Crippen molar-refractivity contribution in [3.05, 3.63) is 26.8 Å². The SMILES string of the molecule is CNc1c([N+](=O)[O-])cc(C(=O)OC)c(N)c1Cl. The van der Waals surface area contributed by atoms with Gasteiger partial charge in [0.1, 0.15) is 5.69 Å². The number of anilines is 2. The van der Waals surface area contributed by atoms with Crippen LogP contribution in [0.25, 0.3) is 0 Å². The minimum atomic E-state index is -0.782. The molecule has 3 N–H and O–H groups in total. The number of carbonyl (C=O) groups excluding carboxylic acids is 1. The lowest BCUT2D eigenvalue weighted by atomic mass is 10.1. The first-order chi connectivity index (χ1) is 7.93. The molecule has 92 valence electrons. The predicted octanol–water partition coefficient (Wildman–Crippen LogP) is 1.66. The third-order valence-corrected chi connectivity index (χ3v) is 2.53. The summed E-state index contributed by atoms with van der Waals surface area (Å²) in [5.41, 5.74) is 5.13. The number of benzene rings is 1. The highest BCUT2D eigenvalue weighted by atomic mass is 35.5. The molecule has 0 spiro atoms. The smallest absolute Gasteiger partial charge is 0.340 e. The first-order valence-electron chi connectivity index (χ1n) is 4.46. The quantitative estimate of drug-likeness (QED) is 0.370. The lowest BCUT2D eigenvalue weighted by molar-refractivity contribution is -0.383. The molecule has 7 nitrogen and oxygen atoms in total. The fourth-order valence-electron chi connectivity index (χ4n) is 1.31. The maximum Gasteiger partial charge on any atom is 0.340 e. The predicted molar refractivity (Wildman–Crippen MR) is 63.4 cm³/mol.